The second-order valence-electron chi connectivity index (χ2n) is 11.8. The predicted molar refractivity (Wildman–Crippen MR) is 184 cm³/mol. The Bertz CT molecular complexity index is 1800. The van der Waals surface area contributed by atoms with Crippen molar-refractivity contribution < 1.29 is 31.9 Å². The Balaban J connectivity index is 1.83. The highest BCUT2D eigenvalue weighted by Gasteiger charge is 2.35. The summed E-state index contributed by atoms with van der Waals surface area (Å²) >= 11 is 0. The molecule has 0 unspecified atom stereocenters. The number of sulfonamides is 1. The SMILES string of the molecule is COc1ccc(S(=O)(=O)N(CC(=O)N(Cc2ccccc2C)[C@H](Cc2ccccc2)C(=O)NCC(C)C)c2ccc(F)cc2)cc1OC. The van der Waals surface area contributed by atoms with Crippen LogP contribution in [0.15, 0.2) is 102 Å². The van der Waals surface area contributed by atoms with Gasteiger partial charge in [-0.15, -0.1) is 0 Å². The Kier molecular flexibility index (Phi) is 12.2. The van der Waals surface area contributed by atoms with Gasteiger partial charge in [0, 0.05) is 25.6 Å². The minimum Gasteiger partial charge on any atom is -0.493 e. The molecule has 0 heterocycles. The van der Waals surface area contributed by atoms with Crippen molar-refractivity contribution in [2.45, 2.75) is 44.7 Å². The van der Waals surface area contributed by atoms with Crippen molar-refractivity contribution in [3.05, 3.63) is 120 Å². The lowest BCUT2D eigenvalue weighted by Crippen LogP contribution is -2.53. The van der Waals surface area contributed by atoms with Gasteiger partial charge in [0.2, 0.25) is 11.8 Å². The molecule has 0 saturated carbocycles. The summed E-state index contributed by atoms with van der Waals surface area (Å²) in [6.07, 6.45) is 0.196. The lowest BCUT2D eigenvalue weighted by atomic mass is 10.0. The number of benzene rings is 4. The largest absolute Gasteiger partial charge is 0.493 e. The summed E-state index contributed by atoms with van der Waals surface area (Å²) in [5.41, 5.74) is 2.61. The number of halogens is 1. The van der Waals surface area contributed by atoms with E-state index in [9.17, 15) is 22.4 Å². The van der Waals surface area contributed by atoms with Crippen LogP contribution >= 0.6 is 0 Å². The van der Waals surface area contributed by atoms with E-state index >= 15 is 0 Å². The van der Waals surface area contributed by atoms with Crippen LogP contribution in [0, 0.1) is 18.7 Å². The Labute approximate surface area is 282 Å². The third-order valence-corrected chi connectivity index (χ3v) is 9.66. The zero-order valence-electron chi connectivity index (χ0n) is 27.9. The summed E-state index contributed by atoms with van der Waals surface area (Å²) in [5.74, 6) is -0.888. The molecule has 2 amide bonds. The van der Waals surface area contributed by atoms with Crippen LogP contribution in [-0.2, 0) is 32.6 Å². The number of amides is 2. The van der Waals surface area contributed by atoms with Crippen LogP contribution in [0.1, 0.15) is 30.5 Å². The fraction of sp³-hybridized carbons (Fsp3) is 0.297. The van der Waals surface area contributed by atoms with Gasteiger partial charge in [-0.05, 0) is 65.9 Å². The van der Waals surface area contributed by atoms with E-state index in [4.69, 9.17) is 9.47 Å². The van der Waals surface area contributed by atoms with Crippen LogP contribution in [-0.4, -0.2) is 58.5 Å². The van der Waals surface area contributed by atoms with E-state index in [1.54, 1.807) is 0 Å². The molecule has 1 atom stereocenters. The lowest BCUT2D eigenvalue weighted by molar-refractivity contribution is -0.140. The number of aryl methyl sites for hydroxylation is 1. The summed E-state index contributed by atoms with van der Waals surface area (Å²) in [4.78, 5) is 29.8. The molecule has 0 spiro atoms. The molecule has 4 aromatic carbocycles. The molecule has 1 N–H and O–H groups in total. The first-order valence-corrected chi connectivity index (χ1v) is 17.0. The first kappa shape index (κ1) is 35.9. The van der Waals surface area contributed by atoms with Crippen LogP contribution in [0.2, 0.25) is 0 Å². The average Bonchev–Trinajstić information content (AvgIpc) is 3.08. The molecule has 0 aliphatic carbocycles. The molecule has 0 saturated heterocycles. The van der Waals surface area contributed by atoms with Crippen molar-refractivity contribution in [1.29, 1.82) is 0 Å². The molecule has 48 heavy (non-hydrogen) atoms. The molecule has 0 aliphatic heterocycles. The smallest absolute Gasteiger partial charge is 0.264 e. The van der Waals surface area contributed by atoms with Crippen molar-refractivity contribution in [1.82, 2.24) is 10.2 Å². The number of anilines is 1. The highest BCUT2D eigenvalue weighted by atomic mass is 32.2. The van der Waals surface area contributed by atoms with Gasteiger partial charge in [-0.3, -0.25) is 13.9 Å². The second kappa shape index (κ2) is 16.3. The lowest BCUT2D eigenvalue weighted by Gasteiger charge is -2.34. The van der Waals surface area contributed by atoms with Crippen LogP contribution < -0.4 is 19.1 Å². The Morgan fingerprint density at radius 3 is 2.12 bits per heavy atom. The van der Waals surface area contributed by atoms with Gasteiger partial charge in [-0.2, -0.15) is 0 Å². The molecule has 0 aromatic heterocycles. The zero-order valence-corrected chi connectivity index (χ0v) is 28.7. The summed E-state index contributed by atoms with van der Waals surface area (Å²) in [6.45, 7) is 5.63. The normalized spacial score (nSPS) is 11.9. The summed E-state index contributed by atoms with van der Waals surface area (Å²) in [6, 6.07) is 24.8. The van der Waals surface area contributed by atoms with Crippen molar-refractivity contribution in [3.63, 3.8) is 0 Å². The van der Waals surface area contributed by atoms with E-state index in [1.807, 2.05) is 75.4 Å². The van der Waals surface area contributed by atoms with Crippen LogP contribution in [0.5, 0.6) is 11.5 Å². The third kappa shape index (κ3) is 8.92. The summed E-state index contributed by atoms with van der Waals surface area (Å²) < 4.78 is 54.2. The molecule has 0 fully saturated rings. The van der Waals surface area contributed by atoms with E-state index in [0.29, 0.717) is 12.3 Å². The predicted octanol–water partition coefficient (Wildman–Crippen LogP) is 5.76. The molecule has 4 aromatic rings. The second-order valence-corrected chi connectivity index (χ2v) is 13.7. The number of methoxy groups -OCH3 is 2. The minimum absolute atomic E-state index is 0.0474. The maximum atomic E-state index is 14.6. The van der Waals surface area contributed by atoms with E-state index < -0.39 is 34.3 Å². The van der Waals surface area contributed by atoms with Gasteiger partial charge in [-0.25, -0.2) is 12.8 Å². The number of nitrogens with zero attached hydrogens (tertiary/aromatic N) is 2. The monoisotopic (exact) mass is 675 g/mol. The zero-order chi connectivity index (χ0) is 34.8. The van der Waals surface area contributed by atoms with Gasteiger partial charge in [0.25, 0.3) is 10.0 Å². The number of carbonyl (C=O) groups is 2. The van der Waals surface area contributed by atoms with Gasteiger partial charge in [0.1, 0.15) is 18.4 Å². The number of nitrogens with one attached hydrogen (secondary N) is 1. The van der Waals surface area contributed by atoms with Gasteiger partial charge < -0.3 is 19.7 Å². The molecule has 9 nitrogen and oxygen atoms in total. The van der Waals surface area contributed by atoms with Crippen molar-refractivity contribution in [3.8, 4) is 11.5 Å². The quantitative estimate of drug-likeness (QED) is 0.172. The minimum atomic E-state index is -4.43. The molecule has 4 rings (SSSR count). The average molecular weight is 676 g/mol. The number of hydrogen-bond acceptors (Lipinski definition) is 6. The van der Waals surface area contributed by atoms with Crippen molar-refractivity contribution in [2.24, 2.45) is 5.92 Å². The maximum Gasteiger partial charge on any atom is 0.264 e. The molecular formula is C37H42FN3O6S. The van der Waals surface area contributed by atoms with Gasteiger partial charge in [0.15, 0.2) is 11.5 Å². The van der Waals surface area contributed by atoms with Crippen LogP contribution in [0.25, 0.3) is 0 Å². The Morgan fingerprint density at radius 2 is 1.50 bits per heavy atom. The molecule has 0 bridgehead atoms. The number of hydrogen-bond donors (Lipinski definition) is 1. The summed E-state index contributed by atoms with van der Waals surface area (Å²) in [7, 11) is -1.62. The highest BCUT2D eigenvalue weighted by Crippen LogP contribution is 2.32. The fourth-order valence-electron chi connectivity index (χ4n) is 5.19. The van der Waals surface area contributed by atoms with Crippen LogP contribution in [0.4, 0.5) is 10.1 Å². The van der Waals surface area contributed by atoms with E-state index in [2.05, 4.69) is 5.32 Å². The van der Waals surface area contributed by atoms with Crippen molar-refractivity contribution in [2.75, 3.05) is 31.6 Å². The van der Waals surface area contributed by atoms with Gasteiger partial charge >= 0.3 is 0 Å². The standard InChI is InChI=1S/C37H42FN3O6S/c1-26(2)23-39-37(43)33(21-28-12-7-6-8-13-28)40(24-29-14-10-9-11-27(29)3)36(42)25-41(31-17-15-30(38)16-18-31)48(44,45)32-19-20-34(46-4)35(22-32)47-5/h6-20,22,26,33H,21,23-25H2,1-5H3,(H,39,43)/t33-/m1/s1. The molecule has 11 heteroatoms. The molecule has 0 aliphatic rings. The first-order chi connectivity index (χ1) is 22.9. The van der Waals surface area contributed by atoms with E-state index in [0.717, 1.165) is 33.1 Å². The van der Waals surface area contributed by atoms with E-state index in [1.165, 1.54) is 49.5 Å². The van der Waals surface area contributed by atoms with Gasteiger partial charge in [0.05, 0.1) is 24.8 Å². The van der Waals surface area contributed by atoms with Gasteiger partial charge in [-0.1, -0.05) is 68.4 Å². The topological polar surface area (TPSA) is 105 Å². The molecule has 254 valence electrons. The highest BCUT2D eigenvalue weighted by molar-refractivity contribution is 7.92. The number of ether oxygens (including phenoxy) is 2. The van der Waals surface area contributed by atoms with E-state index in [-0.39, 0.29) is 41.1 Å². The van der Waals surface area contributed by atoms with Crippen LogP contribution in [0.3, 0.4) is 0 Å². The Morgan fingerprint density at radius 1 is 0.854 bits per heavy atom. The number of rotatable bonds is 15. The summed E-state index contributed by atoms with van der Waals surface area (Å²) in [5, 5.41) is 2.98. The molecular weight excluding hydrogens is 633 g/mol. The number of carbonyl (C=O) groups excluding carboxylic acids is 2. The molecule has 0 radical (unpaired) electrons. The Hall–Kier alpha value is -4.90. The van der Waals surface area contributed by atoms with Crippen molar-refractivity contribution >= 4 is 27.5 Å². The fourth-order valence-corrected chi connectivity index (χ4v) is 6.62. The third-order valence-electron chi connectivity index (χ3n) is 7.89. The first-order valence-electron chi connectivity index (χ1n) is 15.6. The maximum absolute atomic E-state index is 14.6.